The van der Waals surface area contributed by atoms with Gasteiger partial charge >= 0.3 is 0 Å². The molecule has 0 aliphatic heterocycles. The summed E-state index contributed by atoms with van der Waals surface area (Å²) in [6.07, 6.45) is 0.764. The molecule has 0 saturated heterocycles. The van der Waals surface area contributed by atoms with Crippen molar-refractivity contribution < 1.29 is 4.79 Å². The third-order valence-electron chi connectivity index (χ3n) is 1.31. The second kappa shape index (κ2) is 3.41. The van der Waals surface area contributed by atoms with E-state index >= 15 is 0 Å². The van der Waals surface area contributed by atoms with Gasteiger partial charge in [-0.05, 0) is 18.2 Å². The van der Waals surface area contributed by atoms with Gasteiger partial charge in [0.15, 0.2) is 0 Å². The van der Waals surface area contributed by atoms with Crippen LogP contribution in [0, 0.1) is 0 Å². The van der Waals surface area contributed by atoms with Gasteiger partial charge in [-0.3, -0.25) is 10.6 Å². The molecule has 0 fully saturated rings. The van der Waals surface area contributed by atoms with Crippen molar-refractivity contribution in [3.05, 3.63) is 23.8 Å². The van der Waals surface area contributed by atoms with Crippen molar-refractivity contribution in [2.24, 2.45) is 5.84 Å². The van der Waals surface area contributed by atoms with E-state index in [0.717, 1.165) is 6.29 Å². The monoisotopic (exact) mass is 168 g/mol. The second-order valence-electron chi connectivity index (χ2n) is 2.04. The minimum absolute atomic E-state index is 0.592. The van der Waals surface area contributed by atoms with Gasteiger partial charge < -0.3 is 5.43 Å². The highest BCUT2D eigenvalue weighted by Gasteiger charge is 1.96. The number of benzene rings is 1. The van der Waals surface area contributed by atoms with Crippen molar-refractivity contribution in [2.45, 2.75) is 4.90 Å². The lowest BCUT2D eigenvalue weighted by Crippen LogP contribution is -2.07. The molecule has 3 nitrogen and oxygen atoms in total. The Morgan fingerprint density at radius 3 is 2.73 bits per heavy atom. The number of carbonyl (C=O) groups is 1. The fraction of sp³-hybridized carbons (Fsp3) is 0. The molecule has 0 amide bonds. The van der Waals surface area contributed by atoms with E-state index in [-0.39, 0.29) is 0 Å². The third kappa shape index (κ3) is 1.72. The van der Waals surface area contributed by atoms with Crippen LogP contribution in [0.4, 0.5) is 5.69 Å². The van der Waals surface area contributed by atoms with Crippen LogP contribution in [0.15, 0.2) is 23.1 Å². The number of nitrogen functional groups attached to an aromatic ring is 1. The van der Waals surface area contributed by atoms with Crippen LogP contribution in [-0.2, 0) is 0 Å². The van der Waals surface area contributed by atoms with Crippen LogP contribution in [0.1, 0.15) is 10.4 Å². The van der Waals surface area contributed by atoms with Crippen molar-refractivity contribution in [1.29, 1.82) is 0 Å². The van der Waals surface area contributed by atoms with Crippen LogP contribution >= 0.6 is 12.6 Å². The van der Waals surface area contributed by atoms with Gasteiger partial charge in [0, 0.05) is 10.5 Å². The number of hydrogen-bond donors (Lipinski definition) is 3. The lowest BCUT2D eigenvalue weighted by molar-refractivity contribution is 0.112. The molecule has 0 unspecified atom stereocenters. The number of anilines is 1. The summed E-state index contributed by atoms with van der Waals surface area (Å²) in [6, 6.07) is 5.01. The van der Waals surface area contributed by atoms with Gasteiger partial charge in [-0.1, -0.05) is 0 Å². The maximum Gasteiger partial charge on any atom is 0.150 e. The zero-order chi connectivity index (χ0) is 8.27. The number of nitrogens with one attached hydrogen (secondary N) is 1. The number of hydrogen-bond acceptors (Lipinski definition) is 4. The highest BCUT2D eigenvalue weighted by molar-refractivity contribution is 7.80. The van der Waals surface area contributed by atoms with Crippen LogP contribution in [0.2, 0.25) is 0 Å². The first-order valence-corrected chi connectivity index (χ1v) is 3.47. The van der Waals surface area contributed by atoms with Crippen molar-refractivity contribution >= 4 is 24.6 Å². The Bertz CT molecular complexity index is 275. The summed E-state index contributed by atoms with van der Waals surface area (Å²) in [5, 5.41) is 0. The van der Waals surface area contributed by atoms with Crippen molar-refractivity contribution in [2.75, 3.05) is 5.43 Å². The predicted molar refractivity (Wildman–Crippen MR) is 46.9 cm³/mol. The zero-order valence-electron chi connectivity index (χ0n) is 5.74. The Labute approximate surface area is 70.0 Å². The number of thiol groups is 1. The maximum atomic E-state index is 10.3. The van der Waals surface area contributed by atoms with Crippen LogP contribution in [0.5, 0.6) is 0 Å². The topological polar surface area (TPSA) is 55.1 Å². The normalized spacial score (nSPS) is 9.27. The summed E-state index contributed by atoms with van der Waals surface area (Å²) >= 11 is 4.10. The Hall–Kier alpha value is -1.00. The van der Waals surface area contributed by atoms with E-state index < -0.39 is 0 Å². The molecule has 0 bridgehead atoms. The highest BCUT2D eigenvalue weighted by atomic mass is 32.1. The van der Waals surface area contributed by atoms with Crippen LogP contribution in [0.25, 0.3) is 0 Å². The van der Waals surface area contributed by atoms with Gasteiger partial charge in [0.05, 0.1) is 5.69 Å². The summed E-state index contributed by atoms with van der Waals surface area (Å²) in [7, 11) is 0. The molecular formula is C7H8N2OS. The Balaban J connectivity index is 3.09. The summed E-state index contributed by atoms with van der Waals surface area (Å²) in [6.45, 7) is 0. The molecule has 1 aromatic rings. The standard InChI is InChI=1S/C7H8N2OS/c8-9-6-2-1-5(4-10)3-7(6)11/h1-4,9,11H,8H2. The quantitative estimate of drug-likeness (QED) is 0.268. The van der Waals surface area contributed by atoms with Gasteiger partial charge in [0.2, 0.25) is 0 Å². The molecule has 1 aromatic carbocycles. The van der Waals surface area contributed by atoms with Crippen molar-refractivity contribution in [3.63, 3.8) is 0 Å². The number of carbonyl (C=O) groups excluding carboxylic acids is 1. The highest BCUT2D eigenvalue weighted by Crippen LogP contribution is 2.18. The van der Waals surface area contributed by atoms with Crippen molar-refractivity contribution in [1.82, 2.24) is 0 Å². The summed E-state index contributed by atoms with van der Waals surface area (Å²) in [4.78, 5) is 10.9. The molecule has 4 heteroatoms. The predicted octanol–water partition coefficient (Wildman–Crippen LogP) is 1.07. The smallest absolute Gasteiger partial charge is 0.150 e. The SMILES string of the molecule is NNc1ccc(C=O)cc1S. The molecule has 0 atom stereocenters. The van der Waals surface area contributed by atoms with E-state index in [9.17, 15) is 4.79 Å². The molecule has 0 spiro atoms. The first-order chi connectivity index (χ1) is 5.27. The zero-order valence-corrected chi connectivity index (χ0v) is 6.64. The molecule has 3 N–H and O–H groups in total. The number of rotatable bonds is 2. The molecule has 58 valence electrons. The van der Waals surface area contributed by atoms with Gasteiger partial charge in [-0.25, -0.2) is 0 Å². The fourth-order valence-electron chi connectivity index (χ4n) is 0.744. The minimum Gasteiger partial charge on any atom is -0.323 e. The van der Waals surface area contributed by atoms with E-state index in [1.165, 1.54) is 0 Å². The largest absolute Gasteiger partial charge is 0.323 e. The average Bonchev–Trinajstić information content (AvgIpc) is 2.04. The Kier molecular flexibility index (Phi) is 2.51. The fourth-order valence-corrected chi connectivity index (χ4v) is 1.03. The Morgan fingerprint density at radius 2 is 2.27 bits per heavy atom. The average molecular weight is 168 g/mol. The second-order valence-corrected chi connectivity index (χ2v) is 2.52. The van der Waals surface area contributed by atoms with Crippen molar-refractivity contribution in [3.8, 4) is 0 Å². The van der Waals surface area contributed by atoms with Gasteiger partial charge in [0.25, 0.3) is 0 Å². The van der Waals surface area contributed by atoms with Gasteiger partial charge in [-0.15, -0.1) is 12.6 Å². The van der Waals surface area contributed by atoms with E-state index in [2.05, 4.69) is 18.1 Å². The molecule has 1 rings (SSSR count). The van der Waals surface area contributed by atoms with Crippen LogP contribution < -0.4 is 11.3 Å². The van der Waals surface area contributed by atoms with Gasteiger partial charge in [0.1, 0.15) is 6.29 Å². The molecule has 0 aromatic heterocycles. The molecule has 0 heterocycles. The lowest BCUT2D eigenvalue weighted by Gasteiger charge is -2.02. The molecule has 0 aliphatic carbocycles. The number of nitrogens with two attached hydrogens (primary N) is 1. The summed E-state index contributed by atoms with van der Waals surface area (Å²) in [5.74, 6) is 5.15. The minimum atomic E-state index is 0.592. The lowest BCUT2D eigenvalue weighted by atomic mass is 10.2. The maximum absolute atomic E-state index is 10.3. The summed E-state index contributed by atoms with van der Waals surface area (Å²) in [5.41, 5.74) is 3.75. The molecule has 0 saturated carbocycles. The first-order valence-electron chi connectivity index (χ1n) is 3.02. The third-order valence-corrected chi connectivity index (χ3v) is 1.68. The molecular weight excluding hydrogens is 160 g/mol. The van der Waals surface area contributed by atoms with Crippen LogP contribution in [-0.4, -0.2) is 6.29 Å². The molecule has 0 radical (unpaired) electrons. The Morgan fingerprint density at radius 1 is 1.55 bits per heavy atom. The van der Waals surface area contributed by atoms with Gasteiger partial charge in [-0.2, -0.15) is 0 Å². The van der Waals surface area contributed by atoms with Crippen LogP contribution in [0.3, 0.4) is 0 Å². The van der Waals surface area contributed by atoms with E-state index in [0.29, 0.717) is 16.1 Å². The summed E-state index contributed by atoms with van der Waals surface area (Å²) < 4.78 is 0. The number of aldehydes is 1. The van der Waals surface area contributed by atoms with E-state index in [4.69, 9.17) is 5.84 Å². The number of hydrazine groups is 1. The van der Waals surface area contributed by atoms with E-state index in [1.54, 1.807) is 18.2 Å². The molecule has 11 heavy (non-hydrogen) atoms. The van der Waals surface area contributed by atoms with E-state index in [1.807, 2.05) is 0 Å². The molecule has 0 aliphatic rings. The first kappa shape index (κ1) is 8.10.